The number of nitrogens with zero attached hydrogens (tertiary/aromatic N) is 2. The van der Waals surface area contributed by atoms with E-state index in [-0.39, 0.29) is 0 Å². The minimum atomic E-state index is 0.485. The van der Waals surface area contributed by atoms with E-state index in [1.807, 2.05) is 12.1 Å². The second-order valence-electron chi connectivity index (χ2n) is 5.15. The highest BCUT2D eigenvalue weighted by Crippen LogP contribution is 2.18. The highest BCUT2D eigenvalue weighted by molar-refractivity contribution is 5.06. The molecule has 2 N–H and O–H groups in total. The second-order valence-corrected chi connectivity index (χ2v) is 5.15. The third-order valence-corrected chi connectivity index (χ3v) is 3.95. The van der Waals surface area contributed by atoms with Crippen molar-refractivity contribution in [3.63, 3.8) is 0 Å². The fourth-order valence-electron chi connectivity index (χ4n) is 2.67. The summed E-state index contributed by atoms with van der Waals surface area (Å²) in [7, 11) is 2.19. The van der Waals surface area contributed by atoms with Gasteiger partial charge in [0.15, 0.2) is 0 Å². The normalized spacial score (nSPS) is 18.7. The zero-order chi connectivity index (χ0) is 13.0. The van der Waals surface area contributed by atoms with Crippen molar-refractivity contribution in [1.29, 1.82) is 0 Å². The van der Waals surface area contributed by atoms with Gasteiger partial charge >= 0.3 is 0 Å². The fraction of sp³-hybridized carbons (Fsp3) is 0.714. The molecular formula is C14H25N3O. The highest BCUT2D eigenvalue weighted by atomic mass is 16.3. The number of nitrogens with two attached hydrogens (primary N) is 1. The molecule has 0 radical (unpaired) electrons. The molecule has 4 nitrogen and oxygen atoms in total. The molecule has 18 heavy (non-hydrogen) atoms. The standard InChI is InChI=1S/C14H25N3O/c1-3-17-8-6-12(7-9-17)16(2)11-14-5-4-13(10-15)18-14/h4-5,12H,3,6-11,15H2,1-2H3. The van der Waals surface area contributed by atoms with Crippen molar-refractivity contribution >= 4 is 0 Å². The van der Waals surface area contributed by atoms with Crippen LogP contribution in [0.3, 0.4) is 0 Å². The SMILES string of the molecule is CCN1CCC(N(C)Cc2ccc(CN)o2)CC1. The highest BCUT2D eigenvalue weighted by Gasteiger charge is 2.22. The topological polar surface area (TPSA) is 45.6 Å². The lowest BCUT2D eigenvalue weighted by Crippen LogP contribution is -2.42. The van der Waals surface area contributed by atoms with Gasteiger partial charge in [-0.2, -0.15) is 0 Å². The molecule has 0 amide bonds. The molecule has 0 unspecified atom stereocenters. The Balaban J connectivity index is 1.82. The Labute approximate surface area is 110 Å². The summed E-state index contributed by atoms with van der Waals surface area (Å²) >= 11 is 0. The quantitative estimate of drug-likeness (QED) is 0.864. The summed E-state index contributed by atoms with van der Waals surface area (Å²) < 4.78 is 5.66. The Morgan fingerprint density at radius 3 is 2.56 bits per heavy atom. The maximum Gasteiger partial charge on any atom is 0.118 e. The van der Waals surface area contributed by atoms with E-state index in [9.17, 15) is 0 Å². The van der Waals surface area contributed by atoms with E-state index >= 15 is 0 Å². The molecular weight excluding hydrogens is 226 g/mol. The lowest BCUT2D eigenvalue weighted by atomic mass is 10.0. The first kappa shape index (κ1) is 13.6. The zero-order valence-corrected chi connectivity index (χ0v) is 11.6. The van der Waals surface area contributed by atoms with Gasteiger partial charge in [-0.15, -0.1) is 0 Å². The third kappa shape index (κ3) is 3.34. The lowest BCUT2D eigenvalue weighted by Gasteiger charge is -2.35. The van der Waals surface area contributed by atoms with Crippen molar-refractivity contribution in [1.82, 2.24) is 9.80 Å². The molecule has 1 fully saturated rings. The van der Waals surface area contributed by atoms with Crippen LogP contribution >= 0.6 is 0 Å². The van der Waals surface area contributed by atoms with Gasteiger partial charge in [-0.3, -0.25) is 4.90 Å². The van der Waals surface area contributed by atoms with E-state index in [1.54, 1.807) is 0 Å². The molecule has 1 saturated heterocycles. The maximum atomic E-state index is 5.66. The van der Waals surface area contributed by atoms with Crippen LogP contribution in [0.5, 0.6) is 0 Å². The molecule has 2 rings (SSSR count). The summed E-state index contributed by atoms with van der Waals surface area (Å²) in [4.78, 5) is 4.93. The van der Waals surface area contributed by atoms with Crippen LogP contribution in [-0.4, -0.2) is 42.5 Å². The van der Waals surface area contributed by atoms with Crippen LogP contribution in [0, 0.1) is 0 Å². The van der Waals surface area contributed by atoms with E-state index in [1.165, 1.54) is 32.5 Å². The minimum absolute atomic E-state index is 0.485. The van der Waals surface area contributed by atoms with E-state index in [0.29, 0.717) is 12.6 Å². The number of likely N-dealkylation sites (tertiary alicyclic amines) is 1. The van der Waals surface area contributed by atoms with Crippen LogP contribution in [0.4, 0.5) is 0 Å². The van der Waals surface area contributed by atoms with Gasteiger partial charge in [0.1, 0.15) is 11.5 Å². The number of furan rings is 1. The van der Waals surface area contributed by atoms with E-state index in [2.05, 4.69) is 23.8 Å². The van der Waals surface area contributed by atoms with Gasteiger partial charge in [-0.25, -0.2) is 0 Å². The van der Waals surface area contributed by atoms with Crippen molar-refractivity contribution in [3.05, 3.63) is 23.7 Å². The molecule has 0 atom stereocenters. The van der Waals surface area contributed by atoms with Gasteiger partial charge in [0.2, 0.25) is 0 Å². The Hall–Kier alpha value is -0.840. The van der Waals surface area contributed by atoms with Crippen LogP contribution in [0.25, 0.3) is 0 Å². The predicted octanol–water partition coefficient (Wildman–Crippen LogP) is 1.65. The average Bonchev–Trinajstić information content (AvgIpc) is 2.86. The molecule has 2 heterocycles. The summed E-state index contributed by atoms with van der Waals surface area (Å²) in [6, 6.07) is 4.70. The van der Waals surface area contributed by atoms with Crippen LogP contribution in [0.2, 0.25) is 0 Å². The number of rotatable bonds is 5. The average molecular weight is 251 g/mol. The second kappa shape index (κ2) is 6.36. The van der Waals surface area contributed by atoms with Crippen LogP contribution in [0.15, 0.2) is 16.5 Å². The summed E-state index contributed by atoms with van der Waals surface area (Å²) in [5.41, 5.74) is 5.55. The lowest BCUT2D eigenvalue weighted by molar-refractivity contribution is 0.121. The zero-order valence-electron chi connectivity index (χ0n) is 11.6. The van der Waals surface area contributed by atoms with Gasteiger partial charge in [0, 0.05) is 6.04 Å². The van der Waals surface area contributed by atoms with Crippen LogP contribution < -0.4 is 5.73 Å². The van der Waals surface area contributed by atoms with Gasteiger partial charge in [0.05, 0.1) is 13.1 Å². The van der Waals surface area contributed by atoms with Crippen LogP contribution in [0.1, 0.15) is 31.3 Å². The molecule has 0 aromatic carbocycles. The molecule has 4 heteroatoms. The molecule has 102 valence electrons. The molecule has 0 bridgehead atoms. The van der Waals surface area contributed by atoms with Gasteiger partial charge < -0.3 is 15.1 Å². The van der Waals surface area contributed by atoms with Crippen molar-refractivity contribution < 1.29 is 4.42 Å². The van der Waals surface area contributed by atoms with Crippen LogP contribution in [-0.2, 0) is 13.1 Å². The monoisotopic (exact) mass is 251 g/mol. The first-order valence-corrected chi connectivity index (χ1v) is 6.93. The third-order valence-electron chi connectivity index (χ3n) is 3.95. The van der Waals surface area contributed by atoms with Gasteiger partial charge in [-0.05, 0) is 51.7 Å². The van der Waals surface area contributed by atoms with Crippen molar-refractivity contribution in [2.24, 2.45) is 5.73 Å². The summed E-state index contributed by atoms with van der Waals surface area (Å²) in [6.45, 7) is 7.22. The Morgan fingerprint density at radius 2 is 2.00 bits per heavy atom. The van der Waals surface area contributed by atoms with Crippen molar-refractivity contribution in [2.45, 2.75) is 38.9 Å². The number of hydrogen-bond acceptors (Lipinski definition) is 4. The molecule has 1 aliphatic heterocycles. The fourth-order valence-corrected chi connectivity index (χ4v) is 2.67. The molecule has 1 aromatic rings. The molecule has 1 aromatic heterocycles. The number of hydrogen-bond donors (Lipinski definition) is 1. The molecule has 0 aliphatic carbocycles. The predicted molar refractivity (Wildman–Crippen MR) is 73.2 cm³/mol. The smallest absolute Gasteiger partial charge is 0.118 e. The molecule has 0 spiro atoms. The van der Waals surface area contributed by atoms with Crippen molar-refractivity contribution in [2.75, 3.05) is 26.7 Å². The van der Waals surface area contributed by atoms with Gasteiger partial charge in [0.25, 0.3) is 0 Å². The summed E-state index contributed by atoms with van der Waals surface area (Å²) in [6.07, 6.45) is 2.52. The molecule has 0 saturated carbocycles. The molecule has 1 aliphatic rings. The van der Waals surface area contributed by atoms with E-state index in [4.69, 9.17) is 10.2 Å². The Morgan fingerprint density at radius 1 is 1.33 bits per heavy atom. The maximum absolute atomic E-state index is 5.66. The summed E-state index contributed by atoms with van der Waals surface area (Å²) in [5, 5.41) is 0. The van der Waals surface area contributed by atoms with E-state index in [0.717, 1.165) is 18.1 Å². The first-order chi connectivity index (χ1) is 8.72. The summed E-state index contributed by atoms with van der Waals surface area (Å²) in [5.74, 6) is 1.90. The minimum Gasteiger partial charge on any atom is -0.463 e. The Bertz CT molecular complexity index is 356. The van der Waals surface area contributed by atoms with Gasteiger partial charge in [-0.1, -0.05) is 6.92 Å². The Kier molecular flexibility index (Phi) is 4.80. The largest absolute Gasteiger partial charge is 0.463 e. The first-order valence-electron chi connectivity index (χ1n) is 6.93. The number of piperidine rings is 1. The van der Waals surface area contributed by atoms with E-state index < -0.39 is 0 Å². The van der Waals surface area contributed by atoms with Crippen molar-refractivity contribution in [3.8, 4) is 0 Å².